The Labute approximate surface area is 108 Å². The SMILES string of the molecule is CCn1cc(CC(=O)c2cncc(Br)c2)cn1. The normalized spacial score (nSPS) is 10.5. The molecule has 0 N–H and O–H groups in total. The second-order valence-electron chi connectivity index (χ2n) is 3.70. The Kier molecular flexibility index (Phi) is 3.68. The first-order valence-electron chi connectivity index (χ1n) is 5.34. The molecule has 0 bridgehead atoms. The number of ketones is 1. The lowest BCUT2D eigenvalue weighted by molar-refractivity contribution is 0.0992. The van der Waals surface area contributed by atoms with E-state index in [1.807, 2.05) is 17.8 Å². The van der Waals surface area contributed by atoms with Crippen LogP contribution in [0.4, 0.5) is 0 Å². The molecule has 2 heterocycles. The first-order valence-corrected chi connectivity index (χ1v) is 6.13. The summed E-state index contributed by atoms with van der Waals surface area (Å²) >= 11 is 3.30. The van der Waals surface area contributed by atoms with Gasteiger partial charge in [-0.1, -0.05) is 0 Å². The maximum absolute atomic E-state index is 12.0. The van der Waals surface area contributed by atoms with Crippen molar-refractivity contribution in [3.05, 3.63) is 46.5 Å². The van der Waals surface area contributed by atoms with Crippen LogP contribution in [0.3, 0.4) is 0 Å². The van der Waals surface area contributed by atoms with Gasteiger partial charge in [0.25, 0.3) is 0 Å². The van der Waals surface area contributed by atoms with Gasteiger partial charge in [0.15, 0.2) is 5.78 Å². The van der Waals surface area contributed by atoms with Gasteiger partial charge in [-0.05, 0) is 34.5 Å². The summed E-state index contributed by atoms with van der Waals surface area (Å²) in [6.45, 7) is 2.82. The lowest BCUT2D eigenvalue weighted by atomic mass is 10.1. The molecule has 0 radical (unpaired) electrons. The van der Waals surface area contributed by atoms with Gasteiger partial charge in [-0.15, -0.1) is 0 Å². The van der Waals surface area contributed by atoms with Crippen LogP contribution in [-0.4, -0.2) is 20.5 Å². The van der Waals surface area contributed by atoms with Gasteiger partial charge in [0.2, 0.25) is 0 Å². The van der Waals surface area contributed by atoms with E-state index in [1.54, 1.807) is 24.7 Å². The summed E-state index contributed by atoms with van der Waals surface area (Å²) in [6, 6.07) is 1.78. The van der Waals surface area contributed by atoms with Crippen molar-refractivity contribution in [2.24, 2.45) is 0 Å². The lowest BCUT2D eigenvalue weighted by Gasteiger charge is -1.99. The lowest BCUT2D eigenvalue weighted by Crippen LogP contribution is -2.03. The zero-order valence-electron chi connectivity index (χ0n) is 9.43. The summed E-state index contributed by atoms with van der Waals surface area (Å²) in [5.74, 6) is 0.0504. The van der Waals surface area contributed by atoms with Crippen molar-refractivity contribution in [3.63, 3.8) is 0 Å². The van der Waals surface area contributed by atoms with Crippen molar-refractivity contribution in [1.82, 2.24) is 14.8 Å². The molecule has 0 spiro atoms. The molecule has 0 fully saturated rings. The van der Waals surface area contributed by atoms with Gasteiger partial charge in [-0.2, -0.15) is 5.10 Å². The highest BCUT2D eigenvalue weighted by atomic mass is 79.9. The standard InChI is InChI=1S/C12H12BrN3O/c1-2-16-8-9(5-15-16)3-12(17)10-4-11(13)7-14-6-10/h4-8H,2-3H2,1H3. The number of hydrogen-bond donors (Lipinski definition) is 0. The highest BCUT2D eigenvalue weighted by molar-refractivity contribution is 9.10. The summed E-state index contributed by atoms with van der Waals surface area (Å²) in [5.41, 5.74) is 1.54. The van der Waals surface area contributed by atoms with Crippen LogP contribution >= 0.6 is 15.9 Å². The van der Waals surface area contributed by atoms with Crippen LogP contribution in [0.1, 0.15) is 22.8 Å². The fourth-order valence-corrected chi connectivity index (χ4v) is 1.89. The molecular weight excluding hydrogens is 282 g/mol. The maximum Gasteiger partial charge on any atom is 0.168 e. The maximum atomic E-state index is 12.0. The molecule has 0 atom stereocenters. The monoisotopic (exact) mass is 293 g/mol. The van der Waals surface area contributed by atoms with Gasteiger partial charge >= 0.3 is 0 Å². The Morgan fingerprint density at radius 1 is 1.41 bits per heavy atom. The van der Waals surface area contributed by atoms with Crippen molar-refractivity contribution in [3.8, 4) is 0 Å². The fraction of sp³-hybridized carbons (Fsp3) is 0.250. The largest absolute Gasteiger partial charge is 0.294 e. The van der Waals surface area contributed by atoms with Crippen LogP contribution in [0.2, 0.25) is 0 Å². The first-order chi connectivity index (χ1) is 8.19. The Morgan fingerprint density at radius 2 is 2.24 bits per heavy atom. The number of halogens is 1. The van der Waals surface area contributed by atoms with Crippen molar-refractivity contribution < 1.29 is 4.79 Å². The Morgan fingerprint density at radius 3 is 2.88 bits per heavy atom. The van der Waals surface area contributed by atoms with Gasteiger partial charge in [-0.3, -0.25) is 14.5 Å². The minimum Gasteiger partial charge on any atom is -0.294 e. The van der Waals surface area contributed by atoms with E-state index in [0.717, 1.165) is 16.6 Å². The average Bonchev–Trinajstić information content (AvgIpc) is 2.77. The molecule has 0 saturated heterocycles. The summed E-state index contributed by atoms with van der Waals surface area (Å²) < 4.78 is 2.62. The van der Waals surface area contributed by atoms with Crippen LogP contribution in [0.15, 0.2) is 35.3 Å². The molecule has 0 amide bonds. The molecule has 2 aromatic heterocycles. The number of Topliss-reactive ketones (excluding diaryl/α,β-unsaturated/α-hetero) is 1. The molecular formula is C12H12BrN3O. The second kappa shape index (κ2) is 5.23. The van der Waals surface area contributed by atoms with E-state index in [2.05, 4.69) is 26.0 Å². The zero-order valence-corrected chi connectivity index (χ0v) is 11.0. The number of carbonyl (C=O) groups is 1. The molecule has 88 valence electrons. The third-order valence-electron chi connectivity index (χ3n) is 2.40. The number of nitrogens with zero attached hydrogens (tertiary/aromatic N) is 3. The predicted molar refractivity (Wildman–Crippen MR) is 67.9 cm³/mol. The van der Waals surface area contributed by atoms with E-state index < -0.39 is 0 Å². The Hall–Kier alpha value is -1.49. The van der Waals surface area contributed by atoms with Gasteiger partial charge < -0.3 is 0 Å². The van der Waals surface area contributed by atoms with Crippen LogP contribution in [0.25, 0.3) is 0 Å². The fourth-order valence-electron chi connectivity index (χ4n) is 1.52. The van der Waals surface area contributed by atoms with Crippen LogP contribution < -0.4 is 0 Å². The molecule has 0 aliphatic rings. The molecule has 0 aliphatic heterocycles. The molecule has 4 nitrogen and oxygen atoms in total. The summed E-state index contributed by atoms with van der Waals surface area (Å²) in [5, 5.41) is 4.14. The predicted octanol–water partition coefficient (Wildman–Crippen LogP) is 2.49. The number of aryl methyl sites for hydroxylation is 1. The molecule has 0 unspecified atom stereocenters. The van der Waals surface area contributed by atoms with Crippen LogP contribution in [0, 0.1) is 0 Å². The van der Waals surface area contributed by atoms with Gasteiger partial charge in [0.1, 0.15) is 0 Å². The number of aromatic nitrogens is 3. The smallest absolute Gasteiger partial charge is 0.168 e. The molecule has 2 aromatic rings. The van der Waals surface area contributed by atoms with Gasteiger partial charge in [-0.25, -0.2) is 0 Å². The molecule has 0 aromatic carbocycles. The third kappa shape index (κ3) is 3.00. The van der Waals surface area contributed by atoms with Crippen molar-refractivity contribution in [2.75, 3.05) is 0 Å². The van der Waals surface area contributed by atoms with Crippen LogP contribution in [0.5, 0.6) is 0 Å². The summed E-state index contributed by atoms with van der Waals surface area (Å²) in [4.78, 5) is 15.9. The molecule has 2 rings (SSSR count). The number of carbonyl (C=O) groups excluding carboxylic acids is 1. The highest BCUT2D eigenvalue weighted by Crippen LogP contribution is 2.12. The minimum atomic E-state index is 0.0504. The van der Waals surface area contributed by atoms with E-state index in [0.29, 0.717) is 12.0 Å². The highest BCUT2D eigenvalue weighted by Gasteiger charge is 2.09. The summed E-state index contributed by atoms with van der Waals surface area (Å²) in [7, 11) is 0. The molecule has 17 heavy (non-hydrogen) atoms. The van der Waals surface area contributed by atoms with E-state index in [9.17, 15) is 4.79 Å². The van der Waals surface area contributed by atoms with Crippen molar-refractivity contribution in [1.29, 1.82) is 0 Å². The second-order valence-corrected chi connectivity index (χ2v) is 4.61. The van der Waals surface area contributed by atoms with Crippen LogP contribution in [-0.2, 0) is 13.0 Å². The zero-order chi connectivity index (χ0) is 12.3. The van der Waals surface area contributed by atoms with Crippen molar-refractivity contribution >= 4 is 21.7 Å². The number of hydrogen-bond acceptors (Lipinski definition) is 3. The Balaban J connectivity index is 2.11. The van der Waals surface area contributed by atoms with Gasteiger partial charge in [0.05, 0.1) is 6.20 Å². The third-order valence-corrected chi connectivity index (χ3v) is 2.84. The number of pyridine rings is 1. The minimum absolute atomic E-state index is 0.0504. The van der Waals surface area contributed by atoms with E-state index >= 15 is 0 Å². The van der Waals surface area contributed by atoms with Crippen molar-refractivity contribution in [2.45, 2.75) is 19.9 Å². The Bertz CT molecular complexity index is 536. The molecule has 0 aliphatic carbocycles. The first kappa shape index (κ1) is 12.0. The summed E-state index contributed by atoms with van der Waals surface area (Å²) in [6.07, 6.45) is 7.22. The van der Waals surface area contributed by atoms with E-state index in [-0.39, 0.29) is 5.78 Å². The molecule has 0 saturated carbocycles. The quantitative estimate of drug-likeness (QED) is 0.814. The number of rotatable bonds is 4. The van der Waals surface area contributed by atoms with E-state index in [1.165, 1.54) is 0 Å². The molecule has 5 heteroatoms. The van der Waals surface area contributed by atoms with Gasteiger partial charge in [0, 0.05) is 41.6 Å². The average molecular weight is 294 g/mol. The van der Waals surface area contributed by atoms with E-state index in [4.69, 9.17) is 0 Å². The topological polar surface area (TPSA) is 47.8 Å².